The molecule has 0 aliphatic heterocycles. The number of nitrogens with one attached hydrogen (secondary N) is 3. The molecule has 0 aliphatic rings. The van der Waals surface area contributed by atoms with Crippen molar-refractivity contribution in [3.63, 3.8) is 0 Å². The molecule has 10 heteroatoms. The van der Waals surface area contributed by atoms with Crippen molar-refractivity contribution in [2.24, 2.45) is 0 Å². The van der Waals surface area contributed by atoms with Gasteiger partial charge in [0.25, 0.3) is 0 Å². The van der Waals surface area contributed by atoms with E-state index in [-0.39, 0.29) is 11.4 Å². The van der Waals surface area contributed by atoms with Crippen LogP contribution in [-0.4, -0.2) is 30.8 Å². The number of pyridine rings is 1. The second kappa shape index (κ2) is 13.3. The van der Waals surface area contributed by atoms with Crippen LogP contribution in [0.4, 0.5) is 27.9 Å². The molecule has 0 radical (unpaired) electrons. The van der Waals surface area contributed by atoms with Gasteiger partial charge in [-0.05, 0) is 53.4 Å². The molecule has 2 amide bonds. The van der Waals surface area contributed by atoms with Gasteiger partial charge < -0.3 is 15.4 Å². The van der Waals surface area contributed by atoms with Crippen LogP contribution in [0.15, 0.2) is 104 Å². The summed E-state index contributed by atoms with van der Waals surface area (Å²) in [6.07, 6.45) is 6.59. The van der Waals surface area contributed by atoms with Gasteiger partial charge in [-0.2, -0.15) is 5.10 Å². The molecule has 0 spiro atoms. The standard InChI is InChI=1S/C37H38N8O2/c1-24(2)26-10-12-27(13-11-26)45-35(21-32(44-45)37(3,4)5)43-36(46)41-30-14-15-31(29-9-7-6-8-28(29)30)47-23-25-16-17-39-33(20-25)42-34-22-38-18-19-40-34/h6-22,24H,23H2,1-5H3,(H,39,40,42)(H2,41,43,46). The summed E-state index contributed by atoms with van der Waals surface area (Å²) in [5.41, 5.74) is 4.38. The number of carbonyl (C=O) groups is 1. The van der Waals surface area contributed by atoms with E-state index >= 15 is 0 Å². The molecule has 3 N–H and O–H groups in total. The molecule has 0 bridgehead atoms. The predicted octanol–water partition coefficient (Wildman–Crippen LogP) is 8.60. The van der Waals surface area contributed by atoms with Crippen LogP contribution < -0.4 is 20.7 Å². The third-order valence-corrected chi connectivity index (χ3v) is 7.69. The van der Waals surface area contributed by atoms with Crippen molar-refractivity contribution in [1.82, 2.24) is 24.7 Å². The maximum absolute atomic E-state index is 13.5. The van der Waals surface area contributed by atoms with Crippen LogP contribution in [0.3, 0.4) is 0 Å². The van der Waals surface area contributed by atoms with Gasteiger partial charge in [0.1, 0.15) is 29.8 Å². The topological polar surface area (TPSA) is 119 Å². The number of fused-ring (bicyclic) bond motifs is 1. The Morgan fingerprint density at radius 1 is 0.851 bits per heavy atom. The highest BCUT2D eigenvalue weighted by Crippen LogP contribution is 2.33. The second-order valence-corrected chi connectivity index (χ2v) is 12.6. The molecule has 0 atom stereocenters. The Morgan fingerprint density at radius 2 is 1.62 bits per heavy atom. The number of amides is 2. The maximum atomic E-state index is 13.5. The van der Waals surface area contributed by atoms with E-state index in [2.05, 4.69) is 77.7 Å². The highest BCUT2D eigenvalue weighted by Gasteiger charge is 2.22. The molecule has 47 heavy (non-hydrogen) atoms. The van der Waals surface area contributed by atoms with E-state index in [1.165, 1.54) is 5.56 Å². The van der Waals surface area contributed by atoms with Crippen molar-refractivity contribution in [2.45, 2.75) is 52.6 Å². The van der Waals surface area contributed by atoms with E-state index in [1.54, 1.807) is 29.5 Å². The number of urea groups is 1. The molecule has 6 aromatic rings. The van der Waals surface area contributed by atoms with Gasteiger partial charge in [-0.25, -0.2) is 19.4 Å². The number of carbonyl (C=O) groups excluding carboxylic acids is 1. The summed E-state index contributed by atoms with van der Waals surface area (Å²) >= 11 is 0. The molecule has 3 aromatic carbocycles. The molecule has 0 saturated carbocycles. The van der Waals surface area contributed by atoms with Gasteiger partial charge in [-0.15, -0.1) is 0 Å². The zero-order valence-electron chi connectivity index (χ0n) is 27.2. The summed E-state index contributed by atoms with van der Waals surface area (Å²) in [4.78, 5) is 26.1. The van der Waals surface area contributed by atoms with Gasteiger partial charge in [0.15, 0.2) is 0 Å². The smallest absolute Gasteiger partial charge is 0.324 e. The van der Waals surface area contributed by atoms with Crippen LogP contribution in [0.5, 0.6) is 5.75 Å². The van der Waals surface area contributed by atoms with Crippen molar-refractivity contribution in [3.8, 4) is 11.4 Å². The Bertz CT molecular complexity index is 2000. The highest BCUT2D eigenvalue weighted by molar-refractivity contribution is 6.07. The lowest BCUT2D eigenvalue weighted by atomic mass is 9.92. The molecule has 10 nitrogen and oxygen atoms in total. The highest BCUT2D eigenvalue weighted by atomic mass is 16.5. The summed E-state index contributed by atoms with van der Waals surface area (Å²) in [5.74, 6) is 2.95. The molecule has 238 valence electrons. The predicted molar refractivity (Wildman–Crippen MR) is 187 cm³/mol. The fraction of sp³-hybridized carbons (Fsp3) is 0.216. The van der Waals surface area contributed by atoms with Crippen molar-refractivity contribution in [3.05, 3.63) is 120 Å². The van der Waals surface area contributed by atoms with Crippen LogP contribution in [0, 0.1) is 0 Å². The zero-order chi connectivity index (χ0) is 33.0. The summed E-state index contributed by atoms with van der Waals surface area (Å²) in [6, 6.07) is 25.2. The molecule has 0 aliphatic carbocycles. The normalized spacial score (nSPS) is 11.4. The van der Waals surface area contributed by atoms with Crippen molar-refractivity contribution < 1.29 is 9.53 Å². The monoisotopic (exact) mass is 626 g/mol. The molecule has 6 rings (SSSR count). The minimum atomic E-state index is -0.371. The van der Waals surface area contributed by atoms with E-state index in [4.69, 9.17) is 9.84 Å². The van der Waals surface area contributed by atoms with Gasteiger partial charge in [0.2, 0.25) is 0 Å². The Morgan fingerprint density at radius 3 is 2.34 bits per heavy atom. The summed E-state index contributed by atoms with van der Waals surface area (Å²) in [7, 11) is 0. The van der Waals surface area contributed by atoms with Crippen molar-refractivity contribution in [2.75, 3.05) is 16.0 Å². The fourth-order valence-corrected chi connectivity index (χ4v) is 5.10. The minimum Gasteiger partial charge on any atom is -0.488 e. The Hall–Kier alpha value is -5.77. The summed E-state index contributed by atoms with van der Waals surface area (Å²) < 4.78 is 8.05. The Balaban J connectivity index is 1.19. The molecule has 0 unspecified atom stereocenters. The van der Waals surface area contributed by atoms with Crippen LogP contribution in [0.1, 0.15) is 57.4 Å². The number of anilines is 4. The zero-order valence-corrected chi connectivity index (χ0v) is 27.2. The van der Waals surface area contributed by atoms with Gasteiger partial charge in [0, 0.05) is 40.8 Å². The lowest BCUT2D eigenvalue weighted by molar-refractivity contribution is 0.262. The number of hydrogen-bond donors (Lipinski definition) is 3. The van der Waals surface area contributed by atoms with Crippen LogP contribution in [0.2, 0.25) is 0 Å². The molecule has 0 saturated heterocycles. The number of rotatable bonds is 9. The Kier molecular flexibility index (Phi) is 8.83. The minimum absolute atomic E-state index is 0.201. The number of ether oxygens (including phenoxy) is 1. The van der Waals surface area contributed by atoms with Crippen LogP contribution in [0.25, 0.3) is 16.5 Å². The second-order valence-electron chi connectivity index (χ2n) is 12.6. The SMILES string of the molecule is CC(C)c1ccc(-n2nc(C(C)(C)C)cc2NC(=O)Nc2ccc(OCc3ccnc(Nc4cnccn4)c3)c3ccccc23)cc1. The lowest BCUT2D eigenvalue weighted by Crippen LogP contribution is -2.21. The van der Waals surface area contributed by atoms with Gasteiger partial charge >= 0.3 is 6.03 Å². The molecule has 3 heterocycles. The van der Waals surface area contributed by atoms with Gasteiger partial charge in [-0.3, -0.25) is 10.3 Å². The van der Waals surface area contributed by atoms with E-state index in [1.807, 2.05) is 66.7 Å². The summed E-state index contributed by atoms with van der Waals surface area (Å²) in [5, 5.41) is 15.8. The lowest BCUT2D eigenvalue weighted by Gasteiger charge is -2.15. The van der Waals surface area contributed by atoms with E-state index < -0.39 is 0 Å². The first-order valence-corrected chi connectivity index (χ1v) is 15.6. The molecular formula is C37H38N8O2. The molecule has 3 aromatic heterocycles. The first-order chi connectivity index (χ1) is 22.6. The molecule has 0 fully saturated rings. The number of nitrogens with zero attached hydrogens (tertiary/aromatic N) is 5. The van der Waals surface area contributed by atoms with Gasteiger partial charge in [-0.1, -0.05) is 71.0 Å². The average Bonchev–Trinajstić information content (AvgIpc) is 3.49. The van der Waals surface area contributed by atoms with Crippen molar-refractivity contribution >= 4 is 39.9 Å². The maximum Gasteiger partial charge on any atom is 0.324 e. The van der Waals surface area contributed by atoms with Crippen LogP contribution in [-0.2, 0) is 12.0 Å². The molecular weight excluding hydrogens is 588 g/mol. The van der Waals surface area contributed by atoms with Gasteiger partial charge in [0.05, 0.1) is 23.3 Å². The van der Waals surface area contributed by atoms with E-state index in [9.17, 15) is 4.79 Å². The number of hydrogen-bond acceptors (Lipinski definition) is 7. The number of benzene rings is 3. The first kappa shape index (κ1) is 31.2. The van der Waals surface area contributed by atoms with E-state index in [0.717, 1.165) is 27.7 Å². The quantitative estimate of drug-likeness (QED) is 0.147. The first-order valence-electron chi connectivity index (χ1n) is 15.6. The Labute approximate surface area is 274 Å². The van der Waals surface area contributed by atoms with E-state index in [0.29, 0.717) is 41.4 Å². The van der Waals surface area contributed by atoms with Crippen LogP contribution >= 0.6 is 0 Å². The fourth-order valence-electron chi connectivity index (χ4n) is 5.10. The third-order valence-electron chi connectivity index (χ3n) is 7.69. The third kappa shape index (κ3) is 7.38. The average molecular weight is 627 g/mol. The van der Waals surface area contributed by atoms with Crippen molar-refractivity contribution in [1.29, 1.82) is 0 Å². The number of aromatic nitrogens is 5. The summed E-state index contributed by atoms with van der Waals surface area (Å²) in [6.45, 7) is 11.0. The largest absolute Gasteiger partial charge is 0.488 e.